The van der Waals surface area contributed by atoms with Gasteiger partial charge in [0.2, 0.25) is 0 Å². The SMILES string of the molecule is Cc1cc(Sc2ncc[nH]2)ccc1N. The van der Waals surface area contributed by atoms with E-state index in [1.165, 1.54) is 0 Å². The summed E-state index contributed by atoms with van der Waals surface area (Å²) in [6, 6.07) is 5.97. The molecule has 0 amide bonds. The van der Waals surface area contributed by atoms with Gasteiger partial charge in [-0.3, -0.25) is 0 Å². The molecule has 0 aliphatic carbocycles. The van der Waals surface area contributed by atoms with Crippen LogP contribution in [0.5, 0.6) is 0 Å². The topological polar surface area (TPSA) is 54.7 Å². The summed E-state index contributed by atoms with van der Waals surface area (Å²) in [7, 11) is 0. The Morgan fingerprint density at radius 1 is 1.43 bits per heavy atom. The zero-order valence-electron chi connectivity index (χ0n) is 7.82. The largest absolute Gasteiger partial charge is 0.399 e. The number of benzene rings is 1. The number of aromatic nitrogens is 2. The number of aryl methyl sites for hydroxylation is 1. The van der Waals surface area contributed by atoms with Crippen LogP contribution in [0, 0.1) is 6.92 Å². The van der Waals surface area contributed by atoms with Gasteiger partial charge in [-0.05, 0) is 30.7 Å². The minimum Gasteiger partial charge on any atom is -0.399 e. The van der Waals surface area contributed by atoms with Gasteiger partial charge in [0.25, 0.3) is 0 Å². The van der Waals surface area contributed by atoms with Gasteiger partial charge in [0.15, 0.2) is 5.16 Å². The summed E-state index contributed by atoms with van der Waals surface area (Å²) in [6.07, 6.45) is 3.55. The fourth-order valence-corrected chi connectivity index (χ4v) is 1.97. The minimum absolute atomic E-state index is 0.828. The molecular weight excluding hydrogens is 194 g/mol. The second kappa shape index (κ2) is 3.75. The highest BCUT2D eigenvalue weighted by atomic mass is 32.2. The van der Waals surface area contributed by atoms with Gasteiger partial charge >= 0.3 is 0 Å². The van der Waals surface area contributed by atoms with Crippen molar-refractivity contribution in [3.8, 4) is 0 Å². The van der Waals surface area contributed by atoms with Crippen molar-refractivity contribution in [3.05, 3.63) is 36.2 Å². The van der Waals surface area contributed by atoms with Gasteiger partial charge in [-0.2, -0.15) is 0 Å². The van der Waals surface area contributed by atoms with Crippen molar-refractivity contribution in [1.82, 2.24) is 9.97 Å². The number of nitrogens with one attached hydrogen (secondary N) is 1. The van der Waals surface area contributed by atoms with Gasteiger partial charge in [0, 0.05) is 23.0 Å². The molecule has 2 aromatic rings. The lowest BCUT2D eigenvalue weighted by atomic mass is 10.2. The first-order valence-electron chi connectivity index (χ1n) is 4.29. The zero-order chi connectivity index (χ0) is 9.97. The third kappa shape index (κ3) is 1.90. The molecule has 0 unspecified atom stereocenters. The highest BCUT2D eigenvalue weighted by Crippen LogP contribution is 2.26. The summed E-state index contributed by atoms with van der Waals surface area (Å²) in [6.45, 7) is 2.00. The average Bonchev–Trinajstić information content (AvgIpc) is 2.64. The number of anilines is 1. The fourth-order valence-electron chi connectivity index (χ4n) is 1.13. The van der Waals surface area contributed by atoms with E-state index in [0.717, 1.165) is 21.3 Å². The lowest BCUT2D eigenvalue weighted by Gasteiger charge is -2.02. The van der Waals surface area contributed by atoms with Crippen LogP contribution in [-0.4, -0.2) is 9.97 Å². The first kappa shape index (κ1) is 9.15. The zero-order valence-corrected chi connectivity index (χ0v) is 8.64. The molecule has 4 heteroatoms. The molecule has 3 N–H and O–H groups in total. The van der Waals surface area contributed by atoms with Crippen molar-refractivity contribution in [1.29, 1.82) is 0 Å². The van der Waals surface area contributed by atoms with E-state index in [1.54, 1.807) is 18.0 Å². The number of rotatable bonds is 2. The van der Waals surface area contributed by atoms with Gasteiger partial charge in [-0.15, -0.1) is 0 Å². The number of nitrogen functional groups attached to an aromatic ring is 1. The normalized spacial score (nSPS) is 10.4. The van der Waals surface area contributed by atoms with E-state index in [9.17, 15) is 0 Å². The lowest BCUT2D eigenvalue weighted by molar-refractivity contribution is 1.06. The number of hydrogen-bond donors (Lipinski definition) is 2. The Morgan fingerprint density at radius 2 is 2.29 bits per heavy atom. The Bertz CT molecular complexity index is 423. The Hall–Kier alpha value is -1.42. The van der Waals surface area contributed by atoms with Gasteiger partial charge in [0.05, 0.1) is 0 Å². The number of nitrogens with zero attached hydrogens (tertiary/aromatic N) is 1. The molecule has 0 bridgehead atoms. The second-order valence-corrected chi connectivity index (χ2v) is 4.08. The minimum atomic E-state index is 0.828. The standard InChI is InChI=1S/C10H11N3S/c1-7-6-8(2-3-9(7)11)14-10-12-4-5-13-10/h2-6H,11H2,1H3,(H,12,13). The van der Waals surface area contributed by atoms with E-state index in [1.807, 2.05) is 25.3 Å². The monoisotopic (exact) mass is 205 g/mol. The van der Waals surface area contributed by atoms with Gasteiger partial charge < -0.3 is 10.7 Å². The summed E-state index contributed by atoms with van der Waals surface area (Å²) >= 11 is 1.59. The first-order chi connectivity index (χ1) is 6.75. The molecule has 1 aromatic carbocycles. The molecule has 0 fully saturated rings. The Balaban J connectivity index is 2.22. The maximum atomic E-state index is 5.73. The molecule has 1 heterocycles. The van der Waals surface area contributed by atoms with Crippen LogP contribution in [0.1, 0.15) is 5.56 Å². The van der Waals surface area contributed by atoms with Crippen LogP contribution < -0.4 is 5.73 Å². The molecule has 0 atom stereocenters. The first-order valence-corrected chi connectivity index (χ1v) is 5.11. The van der Waals surface area contributed by atoms with Crippen LogP contribution in [0.2, 0.25) is 0 Å². The van der Waals surface area contributed by atoms with Crippen molar-refractivity contribution in [2.45, 2.75) is 17.0 Å². The quantitative estimate of drug-likeness (QED) is 0.740. The fraction of sp³-hybridized carbons (Fsp3) is 0.100. The van der Waals surface area contributed by atoms with Crippen molar-refractivity contribution in [2.24, 2.45) is 0 Å². The number of nitrogens with two attached hydrogens (primary N) is 1. The molecule has 72 valence electrons. The summed E-state index contributed by atoms with van der Waals surface area (Å²) < 4.78 is 0. The van der Waals surface area contributed by atoms with Crippen molar-refractivity contribution >= 4 is 17.4 Å². The molecule has 0 saturated heterocycles. The third-order valence-electron chi connectivity index (χ3n) is 1.93. The predicted octanol–water partition coefficient (Wildman–Crippen LogP) is 2.45. The van der Waals surface area contributed by atoms with Crippen LogP contribution in [0.25, 0.3) is 0 Å². The van der Waals surface area contributed by atoms with Crippen LogP contribution in [0.15, 0.2) is 40.6 Å². The summed E-state index contributed by atoms with van der Waals surface area (Å²) in [4.78, 5) is 8.33. The van der Waals surface area contributed by atoms with Crippen molar-refractivity contribution in [3.63, 3.8) is 0 Å². The molecule has 0 aliphatic rings. The van der Waals surface area contributed by atoms with Crippen LogP contribution >= 0.6 is 11.8 Å². The van der Waals surface area contributed by atoms with Crippen molar-refractivity contribution in [2.75, 3.05) is 5.73 Å². The second-order valence-electron chi connectivity index (χ2n) is 3.01. The molecule has 3 nitrogen and oxygen atoms in total. The molecule has 0 aliphatic heterocycles. The lowest BCUT2D eigenvalue weighted by Crippen LogP contribution is -1.88. The number of imidazole rings is 1. The predicted molar refractivity (Wildman–Crippen MR) is 58.3 cm³/mol. The van der Waals surface area contributed by atoms with E-state index >= 15 is 0 Å². The average molecular weight is 205 g/mol. The number of aromatic amines is 1. The van der Waals surface area contributed by atoms with Crippen LogP contribution in [0.4, 0.5) is 5.69 Å². The van der Waals surface area contributed by atoms with Gasteiger partial charge in [-0.1, -0.05) is 11.8 Å². The summed E-state index contributed by atoms with van der Waals surface area (Å²) in [5, 5.41) is 0.897. The van der Waals surface area contributed by atoms with Gasteiger partial charge in [-0.25, -0.2) is 4.98 Å². The van der Waals surface area contributed by atoms with E-state index < -0.39 is 0 Å². The highest BCUT2D eigenvalue weighted by molar-refractivity contribution is 7.99. The molecule has 1 aromatic heterocycles. The van der Waals surface area contributed by atoms with Crippen LogP contribution in [0.3, 0.4) is 0 Å². The molecular formula is C10H11N3S. The number of hydrogen-bond acceptors (Lipinski definition) is 3. The molecule has 0 radical (unpaired) electrons. The maximum Gasteiger partial charge on any atom is 0.170 e. The summed E-state index contributed by atoms with van der Waals surface area (Å²) in [5.74, 6) is 0. The van der Waals surface area contributed by atoms with E-state index in [2.05, 4.69) is 16.0 Å². The van der Waals surface area contributed by atoms with E-state index in [-0.39, 0.29) is 0 Å². The molecule has 0 saturated carbocycles. The van der Waals surface area contributed by atoms with E-state index in [4.69, 9.17) is 5.73 Å². The third-order valence-corrected chi connectivity index (χ3v) is 2.84. The Morgan fingerprint density at radius 3 is 2.93 bits per heavy atom. The van der Waals surface area contributed by atoms with Crippen LogP contribution in [-0.2, 0) is 0 Å². The Labute approximate surface area is 86.7 Å². The number of H-pyrrole nitrogens is 1. The molecule has 14 heavy (non-hydrogen) atoms. The van der Waals surface area contributed by atoms with E-state index in [0.29, 0.717) is 0 Å². The maximum absolute atomic E-state index is 5.73. The van der Waals surface area contributed by atoms with Crippen molar-refractivity contribution < 1.29 is 0 Å². The molecule has 2 rings (SSSR count). The molecule has 0 spiro atoms. The smallest absolute Gasteiger partial charge is 0.170 e. The highest BCUT2D eigenvalue weighted by Gasteiger charge is 2.00. The summed E-state index contributed by atoms with van der Waals surface area (Å²) in [5.41, 5.74) is 7.66. The van der Waals surface area contributed by atoms with Gasteiger partial charge in [0.1, 0.15) is 0 Å². The Kier molecular flexibility index (Phi) is 2.45.